The van der Waals surface area contributed by atoms with Gasteiger partial charge < -0.3 is 10.8 Å². The Morgan fingerprint density at radius 3 is 2.11 bits per heavy atom. The van der Waals surface area contributed by atoms with E-state index in [-0.39, 0.29) is 5.75 Å². The second-order valence-corrected chi connectivity index (χ2v) is 1.49. The number of thiol groups is 1. The van der Waals surface area contributed by atoms with Crippen LogP contribution >= 0.6 is 12.6 Å². The molecule has 0 aromatic heterocycles. The molecule has 0 aromatic rings. The Morgan fingerprint density at radius 1 is 1.78 bits per heavy atom. The van der Waals surface area contributed by atoms with Crippen LogP contribution in [0.2, 0.25) is 0 Å². The van der Waals surface area contributed by atoms with Crippen LogP contribution in [0, 0.1) is 0 Å². The third-order valence-corrected chi connectivity index (χ3v) is 0.907. The van der Waals surface area contributed by atoms with Crippen LogP contribution in [0.5, 0.6) is 0 Å². The van der Waals surface area contributed by atoms with Crippen molar-refractivity contribution in [2.75, 3.05) is 5.75 Å². The Morgan fingerprint density at radius 2 is 2.11 bits per heavy atom. The summed E-state index contributed by atoms with van der Waals surface area (Å²) in [4.78, 5) is 9.76. The fourth-order valence-electron chi connectivity index (χ4n) is 0.0781. The summed E-state index contributed by atoms with van der Waals surface area (Å²) < 4.78 is 8.22. The van der Waals surface area contributed by atoms with E-state index in [1.165, 1.54) is 0 Å². The molecule has 0 aliphatic rings. The van der Waals surface area contributed by atoms with E-state index in [0.717, 1.165) is 18.9 Å². The number of rotatable bonds is 2. The van der Waals surface area contributed by atoms with Gasteiger partial charge in [-0.15, -0.1) is 0 Å². The van der Waals surface area contributed by atoms with Crippen LogP contribution < -0.4 is 5.73 Å². The molecule has 1 atom stereocenters. The fourth-order valence-corrected chi connectivity index (χ4v) is 0.234. The Bertz CT molecular complexity index is 91.1. The van der Waals surface area contributed by atoms with Crippen molar-refractivity contribution in [3.63, 3.8) is 0 Å². The molecule has 0 bridgehead atoms. The van der Waals surface area contributed by atoms with E-state index in [1.54, 1.807) is 0 Å². The van der Waals surface area contributed by atoms with Crippen LogP contribution in [0.1, 0.15) is 0 Å². The van der Waals surface area contributed by atoms with Gasteiger partial charge in [-0.05, 0) is 0 Å². The monoisotopic (exact) mass is 236 g/mol. The first-order valence-electron chi connectivity index (χ1n) is 1.93. The van der Waals surface area contributed by atoms with Crippen LogP contribution in [0.3, 0.4) is 0 Å². The molecule has 3 N–H and O–H groups in total. The van der Waals surface area contributed by atoms with E-state index in [1.807, 2.05) is 0 Å². The maximum absolute atomic E-state index is 9.76. The van der Waals surface area contributed by atoms with Gasteiger partial charge in [0.1, 0.15) is 6.04 Å². The van der Waals surface area contributed by atoms with Gasteiger partial charge in [-0.25, -0.2) is 0 Å². The van der Waals surface area contributed by atoms with E-state index in [4.69, 9.17) is 14.3 Å². The molecular formula is C3H7NO3STc. The third-order valence-electron chi connectivity index (χ3n) is 0.514. The van der Waals surface area contributed by atoms with Gasteiger partial charge in [0.05, 0.1) is 0 Å². The molecule has 6 heteroatoms. The van der Waals surface area contributed by atoms with E-state index in [0.29, 0.717) is 0 Å². The second kappa shape index (κ2) is 8.23. The summed E-state index contributed by atoms with van der Waals surface area (Å²) in [7, 11) is 0. The summed E-state index contributed by atoms with van der Waals surface area (Å²) >= 11 is 4.55. The average Bonchev–Trinajstić information content (AvgIpc) is 1.91. The van der Waals surface area contributed by atoms with Crippen molar-refractivity contribution in [3.05, 3.63) is 0 Å². The van der Waals surface area contributed by atoms with Crippen molar-refractivity contribution >= 4 is 18.6 Å². The van der Waals surface area contributed by atoms with Gasteiger partial charge in [-0.2, -0.15) is 12.6 Å². The first kappa shape index (κ1) is 12.0. The number of hydrogen-bond acceptors (Lipinski definition) is 4. The Hall–Kier alpha value is 0.229. The number of carbonyl (C=O) groups is 1. The Balaban J connectivity index is 0. The molecule has 4 nitrogen and oxygen atoms in total. The summed E-state index contributed by atoms with van der Waals surface area (Å²) in [5.41, 5.74) is 4.94. The quantitative estimate of drug-likeness (QED) is 0.549. The van der Waals surface area contributed by atoms with Crippen LogP contribution in [0.25, 0.3) is 0 Å². The third kappa shape index (κ3) is 8.23. The summed E-state index contributed by atoms with van der Waals surface area (Å²) in [5.74, 6) is -0.815. The van der Waals surface area contributed by atoms with Crippen molar-refractivity contribution in [2.45, 2.75) is 6.04 Å². The number of carboxylic acids is 1. The van der Waals surface area contributed by atoms with Crippen molar-refractivity contribution < 1.29 is 32.3 Å². The summed E-state index contributed by atoms with van der Waals surface area (Å²) in [6.07, 6.45) is 0. The summed E-state index contributed by atoms with van der Waals surface area (Å²) in [5, 5.41) is 8.01. The fraction of sp³-hybridized carbons (Fsp3) is 0.667. The van der Waals surface area contributed by atoms with E-state index >= 15 is 0 Å². The normalized spacial score (nSPS) is 10.9. The van der Waals surface area contributed by atoms with Gasteiger partial charge in [0, 0.05) is 5.75 Å². The molecule has 0 unspecified atom stereocenters. The van der Waals surface area contributed by atoms with E-state index in [2.05, 4.69) is 12.6 Å². The number of hydrogen-bond donors (Lipinski definition) is 3. The van der Waals surface area contributed by atoms with Gasteiger partial charge in [0.2, 0.25) is 0 Å². The van der Waals surface area contributed by atoms with Crippen LogP contribution in [-0.2, 0) is 27.2 Å². The van der Waals surface area contributed by atoms with Crippen molar-refractivity contribution in [2.24, 2.45) is 5.73 Å². The SMILES string of the molecule is N[C@@H](CS)C(=O)O.[O]=[99Tc]. The van der Waals surface area contributed by atoms with Gasteiger partial charge in [0.25, 0.3) is 0 Å². The molecule has 0 saturated carbocycles. The molecule has 0 aliphatic heterocycles. The maximum atomic E-state index is 9.76. The molecule has 9 heavy (non-hydrogen) atoms. The second-order valence-electron chi connectivity index (χ2n) is 1.13. The number of aliphatic carboxylic acids is 1. The zero-order valence-electron chi connectivity index (χ0n) is 4.45. The minimum atomic E-state index is -1.00. The zero-order valence-corrected chi connectivity index (χ0v) is 7.20. The molecule has 0 aromatic carbocycles. The molecule has 0 radical (unpaired) electrons. The van der Waals surface area contributed by atoms with Crippen LogP contribution in [0.15, 0.2) is 0 Å². The van der Waals surface area contributed by atoms with Crippen molar-refractivity contribution in [1.82, 2.24) is 0 Å². The Labute approximate surface area is 68.7 Å². The van der Waals surface area contributed by atoms with Crippen molar-refractivity contribution in [3.8, 4) is 0 Å². The Kier molecular flexibility index (Phi) is 10.9. The molecule has 55 valence electrons. The summed E-state index contributed by atoms with van der Waals surface area (Å²) in [6.45, 7) is 0. The molecule has 0 fully saturated rings. The average molecular weight is 236 g/mol. The molecule has 0 aliphatic carbocycles. The van der Waals surface area contributed by atoms with Crippen molar-refractivity contribution in [1.29, 1.82) is 0 Å². The van der Waals surface area contributed by atoms with E-state index in [9.17, 15) is 4.79 Å². The van der Waals surface area contributed by atoms with E-state index < -0.39 is 12.0 Å². The zero-order chi connectivity index (χ0) is 7.86. The van der Waals surface area contributed by atoms with Gasteiger partial charge in [0.15, 0.2) is 0 Å². The summed E-state index contributed by atoms with van der Waals surface area (Å²) in [6, 6.07) is -0.816. The number of carboxylic acid groups (broad SMARTS) is 1. The molecule has 0 rings (SSSR count). The molecule has 0 heterocycles. The predicted octanol–water partition coefficient (Wildman–Crippen LogP) is -0.793. The van der Waals surface area contributed by atoms with Crippen LogP contribution in [-0.4, -0.2) is 22.9 Å². The first-order chi connectivity index (χ1) is 4.18. The van der Waals surface area contributed by atoms with Gasteiger partial charge >= 0.3 is 28.3 Å². The minimum absolute atomic E-state index is 0.190. The van der Waals surface area contributed by atoms with Gasteiger partial charge in [-0.1, -0.05) is 0 Å². The standard InChI is InChI=1S/C3H7NO2S.O.Tc/c4-2(1-7)3(5)6;;/h2,7H,1,4H2,(H,5,6);;/t2-;;/m0../s1/i;;1+1. The van der Waals surface area contributed by atoms with Crippen LogP contribution in [0.4, 0.5) is 0 Å². The molecular weight excluding hydrogens is 229 g/mol. The van der Waals surface area contributed by atoms with Gasteiger partial charge in [-0.3, -0.25) is 4.79 Å². The molecule has 0 amide bonds. The molecule has 0 spiro atoms. The number of nitrogens with two attached hydrogens (primary N) is 1. The topological polar surface area (TPSA) is 80.4 Å². The molecule has 0 saturated heterocycles. The first-order valence-corrected chi connectivity index (χ1v) is 3.32. The predicted molar refractivity (Wildman–Crippen MR) is 30.2 cm³/mol.